The van der Waals surface area contributed by atoms with Gasteiger partial charge in [-0.05, 0) is 45.0 Å². The highest BCUT2D eigenvalue weighted by atomic mass is 35.5. The monoisotopic (exact) mass is 353 g/mol. The maximum Gasteiger partial charge on any atom is 0.257 e. The van der Waals surface area contributed by atoms with E-state index in [1.54, 1.807) is 25.1 Å². The van der Waals surface area contributed by atoms with Crippen LogP contribution in [0.15, 0.2) is 22.7 Å². The van der Waals surface area contributed by atoms with Crippen LogP contribution in [-0.2, 0) is 0 Å². The van der Waals surface area contributed by atoms with Crippen molar-refractivity contribution >= 4 is 29.1 Å². The number of aromatic nitrogens is 1. The first kappa shape index (κ1) is 16.3. The Bertz CT molecular complexity index is 704. The van der Waals surface area contributed by atoms with Gasteiger partial charge < -0.3 is 15.2 Å². The van der Waals surface area contributed by atoms with Crippen LogP contribution >= 0.6 is 23.2 Å². The first-order valence-corrected chi connectivity index (χ1v) is 8.25. The third-order valence-electron chi connectivity index (χ3n) is 3.96. The van der Waals surface area contributed by atoms with Gasteiger partial charge >= 0.3 is 0 Å². The van der Waals surface area contributed by atoms with Crippen molar-refractivity contribution in [2.75, 3.05) is 13.1 Å². The van der Waals surface area contributed by atoms with Gasteiger partial charge in [0.1, 0.15) is 17.0 Å². The number of carbonyl (C=O) groups excluding carboxylic acids is 1. The molecule has 2 aromatic rings. The van der Waals surface area contributed by atoms with Gasteiger partial charge in [-0.3, -0.25) is 4.79 Å². The van der Waals surface area contributed by atoms with Gasteiger partial charge in [-0.15, -0.1) is 0 Å². The summed E-state index contributed by atoms with van der Waals surface area (Å²) in [5, 5.41) is 11.2. The summed E-state index contributed by atoms with van der Waals surface area (Å²) in [6.45, 7) is 3.51. The second-order valence-corrected chi connectivity index (χ2v) is 6.37. The summed E-state index contributed by atoms with van der Waals surface area (Å²) in [5.41, 5.74) is 1.28. The third kappa shape index (κ3) is 3.37. The number of piperidine rings is 1. The summed E-state index contributed by atoms with van der Waals surface area (Å²) in [4.78, 5) is 12.7. The van der Waals surface area contributed by atoms with Gasteiger partial charge in [0.25, 0.3) is 5.91 Å². The lowest BCUT2D eigenvalue weighted by Crippen LogP contribution is -2.42. The Morgan fingerprint density at radius 2 is 1.96 bits per heavy atom. The zero-order valence-corrected chi connectivity index (χ0v) is 14.2. The molecule has 0 bridgehead atoms. The van der Waals surface area contributed by atoms with Crippen LogP contribution in [0.25, 0.3) is 11.3 Å². The quantitative estimate of drug-likeness (QED) is 0.886. The highest BCUT2D eigenvalue weighted by molar-refractivity contribution is 6.39. The third-order valence-corrected chi connectivity index (χ3v) is 4.59. The lowest BCUT2D eigenvalue weighted by molar-refractivity contribution is 0.0928. The van der Waals surface area contributed by atoms with Crippen molar-refractivity contribution in [3.63, 3.8) is 0 Å². The number of halogens is 2. The van der Waals surface area contributed by atoms with Crippen molar-refractivity contribution in [2.24, 2.45) is 0 Å². The van der Waals surface area contributed by atoms with Gasteiger partial charge in [0.05, 0.1) is 10.0 Å². The van der Waals surface area contributed by atoms with Crippen molar-refractivity contribution < 1.29 is 9.32 Å². The van der Waals surface area contributed by atoms with Gasteiger partial charge in [-0.2, -0.15) is 0 Å². The highest BCUT2D eigenvalue weighted by Gasteiger charge is 2.26. The maximum absolute atomic E-state index is 12.7. The van der Waals surface area contributed by atoms with Gasteiger partial charge in [0, 0.05) is 11.6 Å². The van der Waals surface area contributed by atoms with E-state index in [4.69, 9.17) is 27.7 Å². The van der Waals surface area contributed by atoms with Crippen molar-refractivity contribution in [2.45, 2.75) is 25.8 Å². The van der Waals surface area contributed by atoms with E-state index in [-0.39, 0.29) is 11.9 Å². The molecule has 5 nitrogen and oxygen atoms in total. The molecule has 1 aliphatic rings. The van der Waals surface area contributed by atoms with E-state index in [1.165, 1.54) is 0 Å². The molecule has 1 saturated heterocycles. The maximum atomic E-state index is 12.7. The highest BCUT2D eigenvalue weighted by Crippen LogP contribution is 2.36. The van der Waals surface area contributed by atoms with E-state index in [9.17, 15) is 4.79 Å². The predicted octanol–water partition coefficient (Wildman–Crippen LogP) is 3.44. The molecule has 0 radical (unpaired) electrons. The molecule has 2 N–H and O–H groups in total. The van der Waals surface area contributed by atoms with Crippen LogP contribution in [0.5, 0.6) is 0 Å². The second kappa shape index (κ2) is 6.91. The summed E-state index contributed by atoms with van der Waals surface area (Å²) < 4.78 is 5.23. The summed E-state index contributed by atoms with van der Waals surface area (Å²) >= 11 is 12.5. The summed E-state index contributed by atoms with van der Waals surface area (Å²) in [7, 11) is 0. The number of aryl methyl sites for hydroxylation is 1. The van der Waals surface area contributed by atoms with Gasteiger partial charge in [0.2, 0.25) is 0 Å². The smallest absolute Gasteiger partial charge is 0.257 e. The first-order chi connectivity index (χ1) is 11.1. The number of benzene rings is 1. The Morgan fingerprint density at radius 1 is 1.30 bits per heavy atom. The molecule has 0 atom stereocenters. The number of nitrogens with one attached hydrogen (secondary N) is 2. The fraction of sp³-hybridized carbons (Fsp3) is 0.375. The molecule has 1 aliphatic heterocycles. The van der Waals surface area contributed by atoms with Crippen LogP contribution in [0.3, 0.4) is 0 Å². The Labute approximate surface area is 144 Å². The number of hydrogen-bond donors (Lipinski definition) is 2. The van der Waals surface area contributed by atoms with E-state index in [2.05, 4.69) is 15.8 Å². The van der Waals surface area contributed by atoms with E-state index in [0.29, 0.717) is 32.6 Å². The van der Waals surface area contributed by atoms with Crippen molar-refractivity contribution in [1.82, 2.24) is 15.8 Å². The molecule has 2 heterocycles. The fourth-order valence-electron chi connectivity index (χ4n) is 2.76. The van der Waals surface area contributed by atoms with E-state index < -0.39 is 0 Å². The summed E-state index contributed by atoms with van der Waals surface area (Å²) in [6.07, 6.45) is 1.80. The van der Waals surface area contributed by atoms with Gasteiger partial charge in [0.15, 0.2) is 0 Å². The molecule has 0 unspecified atom stereocenters. The molecule has 0 aliphatic carbocycles. The second-order valence-electron chi connectivity index (χ2n) is 5.56. The zero-order chi connectivity index (χ0) is 16.4. The molecular formula is C16H17Cl2N3O2. The van der Waals surface area contributed by atoms with Crippen LogP contribution in [0.4, 0.5) is 0 Å². The molecule has 1 amide bonds. The van der Waals surface area contributed by atoms with Crippen LogP contribution in [0.1, 0.15) is 29.0 Å². The lowest BCUT2D eigenvalue weighted by Gasteiger charge is -2.23. The van der Waals surface area contributed by atoms with Gasteiger partial charge in [-0.1, -0.05) is 34.4 Å². The van der Waals surface area contributed by atoms with Crippen molar-refractivity contribution in [3.05, 3.63) is 39.6 Å². The number of hydrogen-bond acceptors (Lipinski definition) is 4. The van der Waals surface area contributed by atoms with Crippen LogP contribution in [-0.4, -0.2) is 30.2 Å². The zero-order valence-electron chi connectivity index (χ0n) is 12.7. The Balaban J connectivity index is 1.94. The normalized spacial score (nSPS) is 15.6. The Hall–Kier alpha value is -1.56. The fourth-order valence-corrected chi connectivity index (χ4v) is 3.33. The molecule has 0 saturated carbocycles. The van der Waals surface area contributed by atoms with E-state index in [1.807, 2.05) is 0 Å². The topological polar surface area (TPSA) is 67.2 Å². The molecule has 3 rings (SSSR count). The summed E-state index contributed by atoms with van der Waals surface area (Å²) in [5.74, 6) is 0.240. The Morgan fingerprint density at radius 3 is 2.61 bits per heavy atom. The van der Waals surface area contributed by atoms with Crippen LogP contribution in [0, 0.1) is 6.92 Å². The summed E-state index contributed by atoms with van der Waals surface area (Å²) in [6, 6.07) is 5.31. The molecule has 1 aromatic carbocycles. The predicted molar refractivity (Wildman–Crippen MR) is 90.1 cm³/mol. The number of rotatable bonds is 3. The van der Waals surface area contributed by atoms with Crippen LogP contribution < -0.4 is 10.6 Å². The molecule has 23 heavy (non-hydrogen) atoms. The minimum atomic E-state index is -0.207. The molecule has 1 aromatic heterocycles. The van der Waals surface area contributed by atoms with Crippen LogP contribution in [0.2, 0.25) is 10.0 Å². The van der Waals surface area contributed by atoms with Gasteiger partial charge in [-0.25, -0.2) is 0 Å². The SMILES string of the molecule is Cc1onc(-c2c(Cl)cccc2Cl)c1C(=O)NC1CCNCC1. The van der Waals surface area contributed by atoms with Crippen molar-refractivity contribution in [3.8, 4) is 11.3 Å². The molecular weight excluding hydrogens is 337 g/mol. The van der Waals surface area contributed by atoms with E-state index in [0.717, 1.165) is 25.9 Å². The lowest BCUT2D eigenvalue weighted by atomic mass is 10.0. The first-order valence-electron chi connectivity index (χ1n) is 7.50. The minimum Gasteiger partial charge on any atom is -0.360 e. The minimum absolute atomic E-state index is 0.146. The molecule has 7 heteroatoms. The number of carbonyl (C=O) groups is 1. The Kier molecular flexibility index (Phi) is 4.90. The van der Waals surface area contributed by atoms with E-state index >= 15 is 0 Å². The standard InChI is InChI=1S/C16H17Cl2N3O2/c1-9-13(16(22)20-10-5-7-19-8-6-10)15(21-23-9)14-11(17)3-2-4-12(14)18/h2-4,10,19H,5-8H2,1H3,(H,20,22). The van der Waals surface area contributed by atoms with Crippen molar-refractivity contribution in [1.29, 1.82) is 0 Å². The average molecular weight is 354 g/mol. The number of nitrogens with zero attached hydrogens (tertiary/aromatic N) is 1. The number of amides is 1. The molecule has 122 valence electrons. The molecule has 1 fully saturated rings. The molecule has 0 spiro atoms. The average Bonchev–Trinajstić information content (AvgIpc) is 2.90. The largest absolute Gasteiger partial charge is 0.360 e.